The third kappa shape index (κ3) is 1.24. The van der Waals surface area contributed by atoms with E-state index in [0.717, 1.165) is 0 Å². The summed E-state index contributed by atoms with van der Waals surface area (Å²) in [6.45, 7) is 7.35. The molecule has 12 heavy (non-hydrogen) atoms. The van der Waals surface area contributed by atoms with Crippen molar-refractivity contribution in [3.05, 3.63) is 0 Å². The van der Waals surface area contributed by atoms with Crippen molar-refractivity contribution in [2.75, 3.05) is 0 Å². The fourth-order valence-corrected chi connectivity index (χ4v) is 1.50. The number of amides is 2. The highest BCUT2D eigenvalue weighted by molar-refractivity contribution is 6.05. The molecule has 1 aliphatic rings. The normalized spacial score (nSPS) is 22.6. The summed E-state index contributed by atoms with van der Waals surface area (Å²) in [5.74, 6) is -0.0810. The molecule has 1 heterocycles. The minimum atomic E-state index is -0.485. The van der Waals surface area contributed by atoms with Crippen LogP contribution in [0.25, 0.3) is 0 Å². The van der Waals surface area contributed by atoms with E-state index in [1.807, 2.05) is 27.7 Å². The lowest BCUT2D eigenvalue weighted by atomic mass is 9.92. The molecule has 0 N–H and O–H groups in total. The van der Waals surface area contributed by atoms with Gasteiger partial charge in [0.15, 0.2) is 0 Å². The lowest BCUT2D eigenvalue weighted by Crippen LogP contribution is -2.38. The molecule has 0 aromatic rings. The molecule has 0 aliphatic carbocycles. The zero-order valence-electron chi connectivity index (χ0n) is 8.05. The molecule has 1 saturated heterocycles. The van der Waals surface area contributed by atoms with E-state index in [-0.39, 0.29) is 17.9 Å². The summed E-state index contributed by atoms with van der Waals surface area (Å²) in [7, 11) is 0. The average Bonchev–Trinajstić information content (AvgIpc) is 2.02. The van der Waals surface area contributed by atoms with Gasteiger partial charge >= 0.3 is 0 Å². The van der Waals surface area contributed by atoms with Crippen LogP contribution in [-0.2, 0) is 9.59 Å². The summed E-state index contributed by atoms with van der Waals surface area (Å²) in [6, 6.07) is -0.00762. The van der Waals surface area contributed by atoms with Crippen molar-refractivity contribution in [3.63, 3.8) is 0 Å². The molecule has 0 atom stereocenters. The Kier molecular flexibility index (Phi) is 1.98. The largest absolute Gasteiger partial charge is 0.280 e. The second kappa shape index (κ2) is 2.57. The fourth-order valence-electron chi connectivity index (χ4n) is 1.50. The Morgan fingerprint density at radius 1 is 1.33 bits per heavy atom. The van der Waals surface area contributed by atoms with Gasteiger partial charge in [-0.3, -0.25) is 14.5 Å². The van der Waals surface area contributed by atoms with Crippen LogP contribution in [0.5, 0.6) is 0 Å². The number of carbonyl (C=O) groups is 2. The molecule has 0 radical (unpaired) electrons. The van der Waals surface area contributed by atoms with Gasteiger partial charge in [-0.15, -0.1) is 0 Å². The summed E-state index contributed by atoms with van der Waals surface area (Å²) < 4.78 is 0. The highest BCUT2D eigenvalue weighted by Crippen LogP contribution is 2.32. The molecule has 0 saturated carbocycles. The van der Waals surface area contributed by atoms with Crippen LogP contribution < -0.4 is 0 Å². The van der Waals surface area contributed by atoms with E-state index in [2.05, 4.69) is 0 Å². The predicted molar refractivity (Wildman–Crippen MR) is 45.4 cm³/mol. The molecule has 0 spiro atoms. The summed E-state index contributed by atoms with van der Waals surface area (Å²) in [5.41, 5.74) is -0.485. The number of nitrogens with zero attached hydrogens (tertiary/aromatic N) is 1. The van der Waals surface area contributed by atoms with Crippen molar-refractivity contribution in [1.82, 2.24) is 4.90 Å². The molecule has 0 unspecified atom stereocenters. The molecule has 1 rings (SSSR count). The van der Waals surface area contributed by atoms with Gasteiger partial charge in [-0.25, -0.2) is 0 Å². The van der Waals surface area contributed by atoms with Crippen molar-refractivity contribution in [2.24, 2.45) is 5.41 Å². The third-order valence-electron chi connectivity index (χ3n) is 2.18. The first kappa shape index (κ1) is 9.23. The molecule has 0 bridgehead atoms. The Morgan fingerprint density at radius 3 is 2.00 bits per heavy atom. The molecule has 3 nitrogen and oxygen atoms in total. The maximum absolute atomic E-state index is 11.6. The minimum absolute atomic E-state index is 0.00762. The van der Waals surface area contributed by atoms with Crippen molar-refractivity contribution in [1.29, 1.82) is 0 Å². The number of carbonyl (C=O) groups excluding carboxylic acids is 2. The van der Waals surface area contributed by atoms with Crippen LogP contribution in [0.1, 0.15) is 34.1 Å². The smallest absolute Gasteiger partial charge is 0.235 e. The minimum Gasteiger partial charge on any atom is -0.280 e. The average molecular weight is 169 g/mol. The molecule has 0 aromatic carbocycles. The third-order valence-corrected chi connectivity index (χ3v) is 2.18. The lowest BCUT2D eigenvalue weighted by molar-refractivity contribution is -0.142. The van der Waals surface area contributed by atoms with Crippen LogP contribution in [0.15, 0.2) is 0 Å². The summed E-state index contributed by atoms with van der Waals surface area (Å²) in [6.07, 6.45) is 0.351. The highest BCUT2D eigenvalue weighted by atomic mass is 16.2. The van der Waals surface area contributed by atoms with Gasteiger partial charge in [-0.05, 0) is 13.8 Å². The quantitative estimate of drug-likeness (QED) is 0.553. The van der Waals surface area contributed by atoms with Crippen molar-refractivity contribution in [3.8, 4) is 0 Å². The van der Waals surface area contributed by atoms with E-state index in [1.165, 1.54) is 4.90 Å². The van der Waals surface area contributed by atoms with Gasteiger partial charge in [0, 0.05) is 12.5 Å². The Hall–Kier alpha value is -0.860. The van der Waals surface area contributed by atoms with Gasteiger partial charge in [0.2, 0.25) is 11.8 Å². The van der Waals surface area contributed by atoms with Crippen LogP contribution in [0, 0.1) is 5.41 Å². The van der Waals surface area contributed by atoms with E-state index in [1.54, 1.807) is 0 Å². The topological polar surface area (TPSA) is 37.4 Å². The number of hydrogen-bond acceptors (Lipinski definition) is 2. The SMILES string of the molecule is CC(C)N1C(=O)CC(C)(C)C1=O. The molecule has 1 fully saturated rings. The highest BCUT2D eigenvalue weighted by Gasteiger charge is 2.45. The first-order chi connectivity index (χ1) is 5.36. The van der Waals surface area contributed by atoms with Crippen molar-refractivity contribution in [2.45, 2.75) is 40.2 Å². The van der Waals surface area contributed by atoms with E-state index in [9.17, 15) is 9.59 Å². The zero-order valence-corrected chi connectivity index (χ0v) is 8.05. The first-order valence-corrected chi connectivity index (χ1v) is 4.23. The molecule has 2 amide bonds. The molecule has 0 aromatic heterocycles. The fraction of sp³-hybridized carbons (Fsp3) is 0.778. The predicted octanol–water partition coefficient (Wildman–Crippen LogP) is 1.18. The number of rotatable bonds is 1. The molecular weight excluding hydrogens is 154 g/mol. The van der Waals surface area contributed by atoms with Gasteiger partial charge in [0.05, 0.1) is 5.41 Å². The number of likely N-dealkylation sites (tertiary alicyclic amines) is 1. The number of hydrogen-bond donors (Lipinski definition) is 0. The van der Waals surface area contributed by atoms with Crippen LogP contribution in [0.2, 0.25) is 0 Å². The van der Waals surface area contributed by atoms with Gasteiger partial charge in [0.25, 0.3) is 0 Å². The zero-order chi connectivity index (χ0) is 9.52. The maximum Gasteiger partial charge on any atom is 0.235 e. The second-order valence-electron chi connectivity index (χ2n) is 4.22. The summed E-state index contributed by atoms with van der Waals surface area (Å²) >= 11 is 0. The first-order valence-electron chi connectivity index (χ1n) is 4.23. The van der Waals surface area contributed by atoms with Crippen LogP contribution in [0.3, 0.4) is 0 Å². The summed E-state index contributed by atoms with van der Waals surface area (Å²) in [5, 5.41) is 0. The van der Waals surface area contributed by atoms with Crippen LogP contribution in [0.4, 0.5) is 0 Å². The maximum atomic E-state index is 11.6. The number of imide groups is 1. The van der Waals surface area contributed by atoms with E-state index >= 15 is 0 Å². The Morgan fingerprint density at radius 2 is 1.83 bits per heavy atom. The van der Waals surface area contributed by atoms with Crippen LogP contribution >= 0.6 is 0 Å². The van der Waals surface area contributed by atoms with E-state index < -0.39 is 5.41 Å². The summed E-state index contributed by atoms with van der Waals surface area (Å²) in [4.78, 5) is 24.3. The lowest BCUT2D eigenvalue weighted by Gasteiger charge is -2.20. The second-order valence-corrected chi connectivity index (χ2v) is 4.22. The molecule has 3 heteroatoms. The van der Waals surface area contributed by atoms with Crippen molar-refractivity contribution >= 4 is 11.8 Å². The van der Waals surface area contributed by atoms with Gasteiger partial charge < -0.3 is 0 Å². The Balaban J connectivity index is 2.93. The molecule has 1 aliphatic heterocycles. The van der Waals surface area contributed by atoms with Crippen molar-refractivity contribution < 1.29 is 9.59 Å². The molecular formula is C9H15NO2. The van der Waals surface area contributed by atoms with E-state index in [0.29, 0.717) is 6.42 Å². The van der Waals surface area contributed by atoms with Gasteiger partial charge in [-0.1, -0.05) is 13.8 Å². The monoisotopic (exact) mass is 169 g/mol. The Labute approximate surface area is 72.7 Å². The van der Waals surface area contributed by atoms with E-state index in [4.69, 9.17) is 0 Å². The van der Waals surface area contributed by atoms with Crippen LogP contribution in [-0.4, -0.2) is 22.8 Å². The Bertz CT molecular complexity index is 231. The molecule has 68 valence electrons. The standard InChI is InChI=1S/C9H15NO2/c1-6(2)10-7(11)5-9(3,4)8(10)12/h6H,5H2,1-4H3. The van der Waals surface area contributed by atoms with Gasteiger partial charge in [-0.2, -0.15) is 0 Å². The van der Waals surface area contributed by atoms with Gasteiger partial charge in [0.1, 0.15) is 0 Å².